The smallest absolute Gasteiger partial charge is 0.251 e. The number of ketones is 1. The third kappa shape index (κ3) is 6.01. The fourth-order valence-electron chi connectivity index (χ4n) is 4.20. The number of rotatable bonds is 6. The van der Waals surface area contributed by atoms with Crippen molar-refractivity contribution in [3.63, 3.8) is 0 Å². The van der Waals surface area contributed by atoms with E-state index in [4.69, 9.17) is 4.74 Å². The average Bonchev–Trinajstić information content (AvgIpc) is 2.79. The summed E-state index contributed by atoms with van der Waals surface area (Å²) < 4.78 is 5.24. The zero-order valence-electron chi connectivity index (χ0n) is 20.2. The monoisotopic (exact) mass is 450 g/mol. The summed E-state index contributed by atoms with van der Waals surface area (Å²) in [7, 11) is 3.25. The molecular formula is C27H34N2O4. The van der Waals surface area contributed by atoms with Crippen LogP contribution in [0.3, 0.4) is 0 Å². The van der Waals surface area contributed by atoms with E-state index in [1.54, 1.807) is 38.4 Å². The molecule has 1 saturated carbocycles. The van der Waals surface area contributed by atoms with Crippen LogP contribution in [-0.2, 0) is 19.8 Å². The van der Waals surface area contributed by atoms with Crippen molar-refractivity contribution in [3.8, 4) is 5.75 Å². The minimum atomic E-state index is -0.802. The van der Waals surface area contributed by atoms with Crippen LogP contribution < -0.4 is 10.1 Å². The first-order valence-corrected chi connectivity index (χ1v) is 11.4. The lowest BCUT2D eigenvalue weighted by Crippen LogP contribution is -2.42. The Bertz CT molecular complexity index is 980. The van der Waals surface area contributed by atoms with E-state index in [1.165, 1.54) is 10.5 Å². The zero-order chi connectivity index (χ0) is 24.2. The number of carbonyl (C=O) groups is 3. The van der Waals surface area contributed by atoms with E-state index in [9.17, 15) is 14.4 Å². The van der Waals surface area contributed by atoms with Gasteiger partial charge in [0, 0.05) is 31.5 Å². The largest absolute Gasteiger partial charge is 0.497 e. The summed E-state index contributed by atoms with van der Waals surface area (Å²) in [6.07, 6.45) is 1.91. The number of methoxy groups -OCH3 is 1. The van der Waals surface area contributed by atoms with Crippen molar-refractivity contribution in [2.24, 2.45) is 5.92 Å². The second-order valence-corrected chi connectivity index (χ2v) is 9.75. The van der Waals surface area contributed by atoms with Crippen LogP contribution in [0.2, 0.25) is 0 Å². The SMILES string of the molecule is COc1ccc(C(C(=O)Nc2ccc(C(C)(C)C)cc2)N(C)C(=O)C2CCC(=O)CC2)cc1. The van der Waals surface area contributed by atoms with Crippen LogP contribution in [0.15, 0.2) is 48.5 Å². The lowest BCUT2D eigenvalue weighted by Gasteiger charge is -2.32. The minimum absolute atomic E-state index is 0.0161. The van der Waals surface area contributed by atoms with Gasteiger partial charge in [0.15, 0.2) is 0 Å². The molecule has 6 heteroatoms. The van der Waals surface area contributed by atoms with E-state index < -0.39 is 6.04 Å². The fourth-order valence-corrected chi connectivity index (χ4v) is 4.20. The van der Waals surface area contributed by atoms with Gasteiger partial charge in [0.2, 0.25) is 5.91 Å². The number of nitrogens with one attached hydrogen (secondary N) is 1. The molecule has 2 aromatic rings. The first-order valence-electron chi connectivity index (χ1n) is 11.4. The van der Waals surface area contributed by atoms with Gasteiger partial charge in [0.25, 0.3) is 5.91 Å². The molecule has 1 aliphatic carbocycles. The van der Waals surface area contributed by atoms with Gasteiger partial charge in [-0.15, -0.1) is 0 Å². The number of hydrogen-bond acceptors (Lipinski definition) is 4. The van der Waals surface area contributed by atoms with Crippen molar-refractivity contribution < 1.29 is 19.1 Å². The van der Waals surface area contributed by atoms with E-state index in [0.717, 1.165) is 0 Å². The van der Waals surface area contributed by atoms with Crippen molar-refractivity contribution in [2.75, 3.05) is 19.5 Å². The molecule has 0 aliphatic heterocycles. The van der Waals surface area contributed by atoms with Crippen LogP contribution in [-0.4, -0.2) is 36.7 Å². The van der Waals surface area contributed by atoms with Crippen LogP contribution in [0.1, 0.15) is 63.6 Å². The van der Waals surface area contributed by atoms with Crippen molar-refractivity contribution in [2.45, 2.75) is 57.9 Å². The lowest BCUT2D eigenvalue weighted by atomic mass is 9.87. The molecule has 0 heterocycles. The highest BCUT2D eigenvalue weighted by atomic mass is 16.5. The Morgan fingerprint density at radius 1 is 1.00 bits per heavy atom. The zero-order valence-corrected chi connectivity index (χ0v) is 20.2. The lowest BCUT2D eigenvalue weighted by molar-refractivity contribution is -0.142. The first-order chi connectivity index (χ1) is 15.6. The van der Waals surface area contributed by atoms with Crippen molar-refractivity contribution in [1.29, 1.82) is 0 Å². The predicted octanol–water partition coefficient (Wildman–Crippen LogP) is 4.89. The second kappa shape index (κ2) is 10.2. The summed E-state index contributed by atoms with van der Waals surface area (Å²) in [6, 6.07) is 14.2. The van der Waals surface area contributed by atoms with Crippen LogP contribution in [0, 0.1) is 5.92 Å². The molecule has 0 radical (unpaired) electrons. The van der Waals surface area contributed by atoms with Gasteiger partial charge in [-0.1, -0.05) is 45.0 Å². The van der Waals surface area contributed by atoms with Crippen LogP contribution in [0.5, 0.6) is 5.75 Å². The van der Waals surface area contributed by atoms with Crippen molar-refractivity contribution in [3.05, 3.63) is 59.7 Å². The topological polar surface area (TPSA) is 75.7 Å². The highest BCUT2D eigenvalue weighted by molar-refractivity contribution is 5.98. The highest BCUT2D eigenvalue weighted by Gasteiger charge is 2.34. The molecule has 0 bridgehead atoms. The molecule has 33 heavy (non-hydrogen) atoms. The Hall–Kier alpha value is -3.15. The Balaban J connectivity index is 1.85. The molecule has 1 N–H and O–H groups in total. The summed E-state index contributed by atoms with van der Waals surface area (Å²) in [4.78, 5) is 39.8. The van der Waals surface area contributed by atoms with Crippen molar-refractivity contribution in [1.82, 2.24) is 4.90 Å². The fraction of sp³-hybridized carbons (Fsp3) is 0.444. The summed E-state index contributed by atoms with van der Waals surface area (Å²) in [5.41, 5.74) is 2.56. The van der Waals surface area contributed by atoms with Gasteiger partial charge in [0.1, 0.15) is 17.6 Å². The molecule has 176 valence electrons. The standard InChI is InChI=1S/C27H34N2O4/c1-27(2,3)20-10-12-21(13-11-20)28-25(31)24(18-8-16-23(33-5)17-9-18)29(4)26(32)19-6-14-22(30)15-7-19/h8-13,16-17,19,24H,6-7,14-15H2,1-5H3,(H,28,31). The number of likely N-dealkylation sites (N-methyl/N-ethyl adjacent to an activating group) is 1. The molecule has 6 nitrogen and oxygen atoms in total. The van der Waals surface area contributed by atoms with Crippen LogP contribution in [0.4, 0.5) is 5.69 Å². The quantitative estimate of drug-likeness (QED) is 0.680. The average molecular weight is 451 g/mol. The normalized spacial score (nSPS) is 15.6. The molecule has 2 amide bonds. The molecule has 2 aromatic carbocycles. The molecule has 0 saturated heterocycles. The Morgan fingerprint density at radius 3 is 2.09 bits per heavy atom. The van der Waals surface area contributed by atoms with Gasteiger partial charge in [-0.3, -0.25) is 14.4 Å². The number of benzene rings is 2. The Labute approximate surface area is 196 Å². The third-order valence-corrected chi connectivity index (χ3v) is 6.33. The van der Waals surface area contributed by atoms with Gasteiger partial charge in [-0.2, -0.15) is 0 Å². The Morgan fingerprint density at radius 2 is 1.58 bits per heavy atom. The van der Waals surface area contributed by atoms with Gasteiger partial charge >= 0.3 is 0 Å². The third-order valence-electron chi connectivity index (χ3n) is 6.33. The minimum Gasteiger partial charge on any atom is -0.497 e. The number of hydrogen-bond donors (Lipinski definition) is 1. The number of Topliss-reactive ketones (excluding diaryl/α,β-unsaturated/α-hetero) is 1. The van der Waals surface area contributed by atoms with Gasteiger partial charge in [0.05, 0.1) is 7.11 Å². The predicted molar refractivity (Wildman–Crippen MR) is 129 cm³/mol. The molecule has 3 rings (SSSR count). The second-order valence-electron chi connectivity index (χ2n) is 9.75. The van der Waals surface area contributed by atoms with E-state index >= 15 is 0 Å². The van der Waals surface area contributed by atoms with Gasteiger partial charge < -0.3 is 15.0 Å². The maximum absolute atomic E-state index is 13.4. The van der Waals surface area contributed by atoms with Gasteiger partial charge in [-0.25, -0.2) is 0 Å². The van der Waals surface area contributed by atoms with Crippen LogP contribution >= 0.6 is 0 Å². The Kier molecular flexibility index (Phi) is 7.57. The molecule has 1 atom stereocenters. The van der Waals surface area contributed by atoms with E-state index in [0.29, 0.717) is 42.7 Å². The maximum Gasteiger partial charge on any atom is 0.251 e. The highest BCUT2D eigenvalue weighted by Crippen LogP contribution is 2.30. The summed E-state index contributed by atoms with van der Waals surface area (Å²) in [5, 5.41) is 2.98. The molecular weight excluding hydrogens is 416 g/mol. The van der Waals surface area contributed by atoms with Crippen molar-refractivity contribution >= 4 is 23.3 Å². The molecule has 0 spiro atoms. The summed E-state index contributed by atoms with van der Waals surface area (Å²) >= 11 is 0. The molecule has 1 unspecified atom stereocenters. The molecule has 0 aromatic heterocycles. The number of amides is 2. The van der Waals surface area contributed by atoms with E-state index in [1.807, 2.05) is 24.3 Å². The summed E-state index contributed by atoms with van der Waals surface area (Å²) in [5.74, 6) is 0.237. The molecule has 1 fully saturated rings. The van der Waals surface area contributed by atoms with Crippen LogP contribution in [0.25, 0.3) is 0 Å². The number of ether oxygens (including phenoxy) is 1. The van der Waals surface area contributed by atoms with Gasteiger partial charge in [-0.05, 0) is 53.6 Å². The number of carbonyl (C=O) groups excluding carboxylic acids is 3. The number of nitrogens with zero attached hydrogens (tertiary/aromatic N) is 1. The summed E-state index contributed by atoms with van der Waals surface area (Å²) in [6.45, 7) is 6.42. The van der Waals surface area contributed by atoms with E-state index in [2.05, 4.69) is 26.1 Å². The number of anilines is 1. The first kappa shape index (κ1) is 24.5. The van der Waals surface area contributed by atoms with E-state index in [-0.39, 0.29) is 28.9 Å². The molecule has 1 aliphatic rings. The maximum atomic E-state index is 13.4.